The van der Waals surface area contributed by atoms with Gasteiger partial charge in [0, 0.05) is 21.2 Å². The molecule has 0 fully saturated rings. The second kappa shape index (κ2) is 10.8. The number of aromatic hydroxyl groups is 1. The van der Waals surface area contributed by atoms with E-state index in [4.69, 9.17) is 30.2 Å². The van der Waals surface area contributed by atoms with Crippen LogP contribution in [0.25, 0.3) is 11.5 Å². The van der Waals surface area contributed by atoms with Crippen molar-refractivity contribution in [2.75, 3.05) is 21.3 Å². The van der Waals surface area contributed by atoms with Crippen LogP contribution < -0.4 is 14.2 Å². The van der Waals surface area contributed by atoms with Gasteiger partial charge in [-0.1, -0.05) is 39.7 Å². The number of aliphatic imine (C=N–C) groups is 1. The number of hydrogen-bond donors (Lipinski definition) is 1. The van der Waals surface area contributed by atoms with Crippen LogP contribution >= 0.6 is 27.5 Å². The van der Waals surface area contributed by atoms with E-state index in [0.717, 1.165) is 0 Å². The van der Waals surface area contributed by atoms with Crippen molar-refractivity contribution in [2.24, 2.45) is 4.99 Å². The number of carbonyl (C=O) groups is 1. The Morgan fingerprint density at radius 2 is 1.72 bits per heavy atom. The van der Waals surface area contributed by atoms with Gasteiger partial charge in [-0.15, -0.1) is 0 Å². The van der Waals surface area contributed by atoms with Gasteiger partial charge in [-0.25, -0.2) is 4.98 Å². The minimum absolute atomic E-state index is 0.0674. The Morgan fingerprint density at radius 1 is 1.03 bits per heavy atom. The molecule has 1 aromatic heterocycles. The average molecular weight is 572 g/mol. The zero-order chi connectivity index (χ0) is 25.8. The average Bonchev–Trinajstić information content (AvgIpc) is 3.27. The first kappa shape index (κ1) is 25.3. The van der Waals surface area contributed by atoms with Crippen LogP contribution in [0, 0.1) is 0 Å². The summed E-state index contributed by atoms with van der Waals surface area (Å²) in [6.07, 6.45) is 1.31. The van der Waals surface area contributed by atoms with E-state index in [1.54, 1.807) is 54.6 Å². The van der Waals surface area contributed by atoms with Crippen LogP contribution in [0.4, 0.5) is 5.69 Å². The summed E-state index contributed by atoms with van der Waals surface area (Å²) in [7, 11) is 4.48. The van der Waals surface area contributed by atoms with E-state index in [2.05, 4.69) is 25.9 Å². The standard InChI is InChI=1S/C26H20BrClN2O6/c1-33-21-10-14(11-22(34-2)24(21)35-3)25-30-20(26(32)36-25)13-29-19-9-8-15(27)12-17(19)23(31)16-6-4-5-7-18(16)28/h4-13,32H,1-3H3. The summed E-state index contributed by atoms with van der Waals surface area (Å²) in [4.78, 5) is 21.9. The fourth-order valence-electron chi connectivity index (χ4n) is 3.46. The topological polar surface area (TPSA) is 103 Å². The molecule has 0 saturated carbocycles. The van der Waals surface area contributed by atoms with Crippen LogP contribution in [0.15, 0.2) is 68.5 Å². The van der Waals surface area contributed by atoms with E-state index in [-0.39, 0.29) is 17.4 Å². The number of halogens is 2. The van der Waals surface area contributed by atoms with E-state index in [1.807, 2.05) is 0 Å². The van der Waals surface area contributed by atoms with Gasteiger partial charge in [-0.2, -0.15) is 0 Å². The van der Waals surface area contributed by atoms with E-state index in [0.29, 0.717) is 49.1 Å². The van der Waals surface area contributed by atoms with Crippen LogP contribution in [-0.2, 0) is 0 Å². The third-order valence-corrected chi connectivity index (χ3v) is 6.02. The lowest BCUT2D eigenvalue weighted by Crippen LogP contribution is -2.02. The zero-order valence-corrected chi connectivity index (χ0v) is 21.8. The highest BCUT2D eigenvalue weighted by Gasteiger charge is 2.20. The first-order valence-corrected chi connectivity index (χ1v) is 11.7. The van der Waals surface area contributed by atoms with Gasteiger partial charge in [0.05, 0.1) is 38.3 Å². The molecule has 0 atom stereocenters. The molecule has 0 aliphatic carbocycles. The number of hydrogen-bond acceptors (Lipinski definition) is 8. The summed E-state index contributed by atoms with van der Waals surface area (Å²) in [5.74, 6) is 0.577. The van der Waals surface area contributed by atoms with Gasteiger partial charge >= 0.3 is 5.95 Å². The summed E-state index contributed by atoms with van der Waals surface area (Å²) in [6, 6.07) is 15.1. The molecular formula is C26H20BrClN2O6. The van der Waals surface area contributed by atoms with E-state index >= 15 is 0 Å². The van der Waals surface area contributed by atoms with Crippen LogP contribution in [0.2, 0.25) is 5.02 Å². The predicted octanol–water partition coefficient (Wildman–Crippen LogP) is 6.47. The molecular weight excluding hydrogens is 552 g/mol. The van der Waals surface area contributed by atoms with Crippen molar-refractivity contribution >= 4 is 45.2 Å². The quantitative estimate of drug-likeness (QED) is 0.191. The third-order valence-electron chi connectivity index (χ3n) is 5.19. The maximum absolute atomic E-state index is 13.2. The SMILES string of the molecule is COc1cc(-c2nc(C=Nc3ccc(Br)cc3C(=O)c3ccccc3Cl)c(O)o2)cc(OC)c1OC. The van der Waals surface area contributed by atoms with E-state index in [9.17, 15) is 9.90 Å². The Labute approximate surface area is 220 Å². The number of oxazole rings is 1. The van der Waals surface area contributed by atoms with Gasteiger partial charge in [0.2, 0.25) is 11.6 Å². The van der Waals surface area contributed by atoms with Gasteiger partial charge < -0.3 is 23.7 Å². The van der Waals surface area contributed by atoms with E-state index < -0.39 is 5.95 Å². The number of methoxy groups -OCH3 is 3. The number of benzene rings is 3. The first-order valence-electron chi connectivity index (χ1n) is 10.5. The lowest BCUT2D eigenvalue weighted by molar-refractivity contribution is 0.103. The largest absolute Gasteiger partial charge is 0.493 e. The smallest absolute Gasteiger partial charge is 0.312 e. The molecule has 0 bridgehead atoms. The van der Waals surface area contributed by atoms with Gasteiger partial charge in [0.25, 0.3) is 0 Å². The summed E-state index contributed by atoms with van der Waals surface area (Å²) in [6.45, 7) is 0. The molecule has 0 aliphatic heterocycles. The number of carbonyl (C=O) groups excluding carboxylic acids is 1. The first-order chi connectivity index (χ1) is 17.4. The molecule has 0 radical (unpaired) electrons. The molecule has 0 spiro atoms. The fraction of sp³-hybridized carbons (Fsp3) is 0.115. The van der Waals surface area contributed by atoms with Crippen LogP contribution in [0.3, 0.4) is 0 Å². The molecule has 0 aliphatic rings. The monoisotopic (exact) mass is 570 g/mol. The third kappa shape index (κ3) is 5.07. The van der Waals surface area contributed by atoms with Gasteiger partial charge in [-0.3, -0.25) is 9.79 Å². The second-order valence-corrected chi connectivity index (χ2v) is 8.67. The molecule has 0 amide bonds. The Bertz CT molecular complexity index is 1440. The van der Waals surface area contributed by atoms with Crippen molar-refractivity contribution in [3.8, 4) is 34.6 Å². The Hall–Kier alpha value is -3.82. The van der Waals surface area contributed by atoms with Crippen molar-refractivity contribution in [1.29, 1.82) is 0 Å². The Morgan fingerprint density at radius 3 is 2.36 bits per heavy atom. The number of rotatable bonds is 8. The molecule has 3 aromatic carbocycles. The second-order valence-electron chi connectivity index (χ2n) is 7.35. The minimum atomic E-state index is -0.446. The molecule has 0 saturated heterocycles. The Kier molecular flexibility index (Phi) is 7.61. The number of nitrogens with zero attached hydrogens (tertiary/aromatic N) is 2. The van der Waals surface area contributed by atoms with Gasteiger partial charge in [0.1, 0.15) is 0 Å². The van der Waals surface area contributed by atoms with Gasteiger partial charge in [0.15, 0.2) is 23.0 Å². The van der Waals surface area contributed by atoms with E-state index in [1.165, 1.54) is 27.5 Å². The zero-order valence-electron chi connectivity index (χ0n) is 19.4. The summed E-state index contributed by atoms with van der Waals surface area (Å²) in [5, 5.41) is 10.7. The molecule has 184 valence electrons. The summed E-state index contributed by atoms with van der Waals surface area (Å²) >= 11 is 9.62. The highest BCUT2D eigenvalue weighted by atomic mass is 79.9. The van der Waals surface area contributed by atoms with Crippen molar-refractivity contribution < 1.29 is 28.5 Å². The molecule has 10 heteroatoms. The van der Waals surface area contributed by atoms with Crippen molar-refractivity contribution in [3.63, 3.8) is 0 Å². The molecule has 0 unspecified atom stereocenters. The number of ether oxygens (including phenoxy) is 3. The molecule has 4 aromatic rings. The fourth-order valence-corrected chi connectivity index (χ4v) is 4.04. The predicted molar refractivity (Wildman–Crippen MR) is 140 cm³/mol. The normalized spacial score (nSPS) is 11.0. The lowest BCUT2D eigenvalue weighted by Gasteiger charge is -2.12. The maximum atomic E-state index is 13.2. The molecule has 1 heterocycles. The molecule has 8 nitrogen and oxygen atoms in total. The van der Waals surface area contributed by atoms with Gasteiger partial charge in [-0.05, 0) is 42.5 Å². The van der Waals surface area contributed by atoms with Crippen molar-refractivity contribution in [3.05, 3.63) is 80.9 Å². The molecule has 1 N–H and O–H groups in total. The molecule has 4 rings (SSSR count). The number of aromatic nitrogens is 1. The van der Waals surface area contributed by atoms with Crippen LogP contribution in [0.1, 0.15) is 21.6 Å². The highest BCUT2D eigenvalue weighted by Crippen LogP contribution is 2.41. The maximum Gasteiger partial charge on any atom is 0.312 e. The summed E-state index contributed by atoms with van der Waals surface area (Å²) in [5.41, 5.74) is 1.58. The molecule has 36 heavy (non-hydrogen) atoms. The van der Waals surface area contributed by atoms with Crippen LogP contribution in [-0.4, -0.2) is 43.4 Å². The Balaban J connectivity index is 1.70. The summed E-state index contributed by atoms with van der Waals surface area (Å²) < 4.78 is 22.2. The minimum Gasteiger partial charge on any atom is -0.493 e. The highest BCUT2D eigenvalue weighted by molar-refractivity contribution is 9.10. The number of ketones is 1. The van der Waals surface area contributed by atoms with Crippen LogP contribution in [0.5, 0.6) is 23.2 Å². The van der Waals surface area contributed by atoms with Crippen molar-refractivity contribution in [2.45, 2.75) is 0 Å². The lowest BCUT2D eigenvalue weighted by atomic mass is 10.0. The van der Waals surface area contributed by atoms with Crippen molar-refractivity contribution in [1.82, 2.24) is 4.98 Å².